The van der Waals surface area contributed by atoms with Crippen LogP contribution in [0, 0.1) is 5.92 Å². The van der Waals surface area contributed by atoms with E-state index in [9.17, 15) is 4.79 Å². The fourth-order valence-electron chi connectivity index (χ4n) is 1.75. The molecule has 1 N–H and O–H groups in total. The molecule has 0 aliphatic carbocycles. The summed E-state index contributed by atoms with van der Waals surface area (Å²) >= 11 is 1.68. The number of nitrogens with one attached hydrogen (secondary N) is 1. The van der Waals surface area contributed by atoms with E-state index in [1.165, 1.54) is 4.88 Å². The summed E-state index contributed by atoms with van der Waals surface area (Å²) in [5.74, 6) is 1.27. The smallest absolute Gasteiger partial charge is 0.251 e. The van der Waals surface area contributed by atoms with Crippen molar-refractivity contribution >= 4 is 11.3 Å². The van der Waals surface area contributed by atoms with Gasteiger partial charge in [-0.1, -0.05) is 19.9 Å². The molecular weight excluding hydrogens is 232 g/mol. The van der Waals surface area contributed by atoms with E-state index in [4.69, 9.17) is 0 Å². The zero-order chi connectivity index (χ0) is 12.3. The molecule has 0 aromatic carbocycles. The Bertz CT molecular complexity index is 529. The monoisotopic (exact) mass is 248 g/mol. The quantitative estimate of drug-likeness (QED) is 0.904. The highest BCUT2D eigenvalue weighted by molar-refractivity contribution is 7.09. The summed E-state index contributed by atoms with van der Waals surface area (Å²) in [5, 5.41) is 2.03. The summed E-state index contributed by atoms with van der Waals surface area (Å²) in [5.41, 5.74) is 0.831. The van der Waals surface area contributed by atoms with Crippen molar-refractivity contribution in [3.8, 4) is 0 Å². The second-order valence-electron chi connectivity index (χ2n) is 4.54. The van der Waals surface area contributed by atoms with E-state index in [-0.39, 0.29) is 5.56 Å². The molecule has 2 aromatic rings. The van der Waals surface area contributed by atoms with Gasteiger partial charge in [-0.3, -0.25) is 4.79 Å². The largest absolute Gasteiger partial charge is 0.310 e. The zero-order valence-corrected chi connectivity index (χ0v) is 10.9. The third-order valence-corrected chi connectivity index (χ3v) is 3.26. The molecule has 0 aliphatic rings. The minimum Gasteiger partial charge on any atom is -0.310 e. The average Bonchev–Trinajstić information content (AvgIpc) is 2.67. The summed E-state index contributed by atoms with van der Waals surface area (Å²) in [4.78, 5) is 20.0. The number of hydrogen-bond donors (Lipinski definition) is 1. The predicted molar refractivity (Wildman–Crippen MR) is 70.5 cm³/mol. The van der Waals surface area contributed by atoms with Crippen LogP contribution in [0.3, 0.4) is 0 Å². The van der Waals surface area contributed by atoms with Crippen molar-refractivity contribution in [2.24, 2.45) is 5.92 Å². The lowest BCUT2D eigenvalue weighted by Crippen LogP contribution is -2.14. The maximum absolute atomic E-state index is 11.5. The van der Waals surface area contributed by atoms with Crippen LogP contribution in [-0.2, 0) is 12.8 Å². The van der Waals surface area contributed by atoms with E-state index in [1.54, 1.807) is 17.4 Å². The molecular formula is C13H16N2OS. The first-order valence-corrected chi connectivity index (χ1v) is 6.63. The van der Waals surface area contributed by atoms with Crippen LogP contribution in [0.25, 0.3) is 0 Å². The Hall–Kier alpha value is -1.42. The number of rotatable bonds is 4. The average molecular weight is 248 g/mol. The van der Waals surface area contributed by atoms with Crippen molar-refractivity contribution < 1.29 is 0 Å². The van der Waals surface area contributed by atoms with Crippen molar-refractivity contribution in [2.45, 2.75) is 26.7 Å². The van der Waals surface area contributed by atoms with E-state index in [0.717, 1.165) is 17.9 Å². The van der Waals surface area contributed by atoms with Crippen molar-refractivity contribution in [1.29, 1.82) is 0 Å². The predicted octanol–water partition coefficient (Wildman–Crippen LogP) is 2.62. The second-order valence-corrected chi connectivity index (χ2v) is 5.57. The lowest BCUT2D eigenvalue weighted by molar-refractivity contribution is 0.630. The number of H-pyrrole nitrogens is 1. The number of nitrogens with zero attached hydrogens (tertiary/aromatic N) is 1. The Balaban J connectivity index is 2.22. The summed E-state index contributed by atoms with van der Waals surface area (Å²) in [6.45, 7) is 4.25. The normalized spacial score (nSPS) is 11.0. The summed E-state index contributed by atoms with van der Waals surface area (Å²) in [6, 6.07) is 5.66. The Labute approximate surface area is 105 Å². The second kappa shape index (κ2) is 5.27. The maximum Gasteiger partial charge on any atom is 0.251 e. The molecule has 0 saturated carbocycles. The van der Waals surface area contributed by atoms with E-state index in [0.29, 0.717) is 12.3 Å². The Morgan fingerprint density at radius 2 is 2.29 bits per heavy atom. The molecule has 2 rings (SSSR count). The third-order valence-electron chi connectivity index (χ3n) is 2.38. The molecule has 4 heteroatoms. The molecule has 0 amide bonds. The summed E-state index contributed by atoms with van der Waals surface area (Å²) in [7, 11) is 0. The summed E-state index contributed by atoms with van der Waals surface area (Å²) in [6.07, 6.45) is 1.56. The van der Waals surface area contributed by atoms with Crippen LogP contribution in [0.4, 0.5) is 0 Å². The lowest BCUT2D eigenvalue weighted by Gasteiger charge is -2.05. The Morgan fingerprint density at radius 3 is 2.94 bits per heavy atom. The van der Waals surface area contributed by atoms with Crippen LogP contribution in [0.2, 0.25) is 0 Å². The first-order chi connectivity index (χ1) is 8.13. The van der Waals surface area contributed by atoms with Crippen molar-refractivity contribution in [2.75, 3.05) is 0 Å². The van der Waals surface area contributed by atoms with Crippen molar-refractivity contribution in [3.05, 3.63) is 50.3 Å². The number of aromatic nitrogens is 2. The fourth-order valence-corrected chi connectivity index (χ4v) is 2.46. The molecule has 2 aromatic heterocycles. The van der Waals surface area contributed by atoms with Crippen molar-refractivity contribution in [1.82, 2.24) is 9.97 Å². The van der Waals surface area contributed by atoms with E-state index in [1.807, 2.05) is 11.4 Å². The summed E-state index contributed by atoms with van der Waals surface area (Å²) < 4.78 is 0. The van der Waals surface area contributed by atoms with Gasteiger partial charge in [0.1, 0.15) is 5.82 Å². The molecule has 0 bridgehead atoms. The van der Waals surface area contributed by atoms with Gasteiger partial charge in [0.25, 0.3) is 5.56 Å². The van der Waals surface area contributed by atoms with Gasteiger partial charge >= 0.3 is 0 Å². The molecule has 3 nitrogen and oxygen atoms in total. The van der Waals surface area contributed by atoms with Crippen LogP contribution in [-0.4, -0.2) is 9.97 Å². The van der Waals surface area contributed by atoms with Gasteiger partial charge in [0, 0.05) is 23.1 Å². The molecule has 0 radical (unpaired) electrons. The topological polar surface area (TPSA) is 45.8 Å². The van der Waals surface area contributed by atoms with E-state index >= 15 is 0 Å². The number of aromatic amines is 1. The molecule has 90 valence electrons. The lowest BCUT2D eigenvalue weighted by atomic mass is 10.1. The first-order valence-electron chi connectivity index (χ1n) is 5.75. The molecule has 0 aliphatic heterocycles. The highest BCUT2D eigenvalue weighted by Crippen LogP contribution is 2.12. The SMILES string of the molecule is CC(C)Cc1cc(=O)[nH]c(Cc2cccs2)n1. The molecule has 0 saturated heterocycles. The Kier molecular flexibility index (Phi) is 3.74. The molecule has 0 atom stereocenters. The van der Waals surface area contributed by atoms with Crippen LogP contribution in [0.5, 0.6) is 0 Å². The Morgan fingerprint density at radius 1 is 1.47 bits per heavy atom. The van der Waals surface area contributed by atoms with E-state index < -0.39 is 0 Å². The number of thiophene rings is 1. The zero-order valence-electron chi connectivity index (χ0n) is 10.1. The van der Waals surface area contributed by atoms with Crippen LogP contribution < -0.4 is 5.56 Å². The van der Waals surface area contributed by atoms with Gasteiger partial charge in [0.2, 0.25) is 0 Å². The van der Waals surface area contributed by atoms with Gasteiger partial charge in [-0.2, -0.15) is 0 Å². The molecule has 0 unspecified atom stereocenters. The minimum atomic E-state index is -0.0535. The molecule has 0 fully saturated rings. The van der Waals surface area contributed by atoms with Crippen molar-refractivity contribution in [3.63, 3.8) is 0 Å². The van der Waals surface area contributed by atoms with Gasteiger partial charge in [-0.25, -0.2) is 4.98 Å². The molecule has 2 heterocycles. The number of hydrogen-bond acceptors (Lipinski definition) is 3. The molecule has 0 spiro atoms. The van der Waals surface area contributed by atoms with E-state index in [2.05, 4.69) is 29.9 Å². The van der Waals surface area contributed by atoms with Crippen LogP contribution >= 0.6 is 11.3 Å². The van der Waals surface area contributed by atoms with Gasteiger partial charge in [-0.05, 0) is 23.8 Å². The standard InChI is InChI=1S/C13H16N2OS/c1-9(2)6-10-7-13(16)15-12(14-10)8-11-4-3-5-17-11/h3-5,7,9H,6,8H2,1-2H3,(H,14,15,16). The molecule has 17 heavy (non-hydrogen) atoms. The van der Waals surface area contributed by atoms with Gasteiger partial charge in [0.05, 0.1) is 0 Å². The fraction of sp³-hybridized carbons (Fsp3) is 0.385. The highest BCUT2D eigenvalue weighted by Gasteiger charge is 2.05. The van der Waals surface area contributed by atoms with Crippen LogP contribution in [0.1, 0.15) is 30.2 Å². The van der Waals surface area contributed by atoms with Gasteiger partial charge in [0.15, 0.2) is 0 Å². The minimum absolute atomic E-state index is 0.0535. The van der Waals surface area contributed by atoms with Crippen LogP contribution in [0.15, 0.2) is 28.4 Å². The highest BCUT2D eigenvalue weighted by atomic mass is 32.1. The first kappa shape index (κ1) is 12.0. The third kappa shape index (κ3) is 3.53. The van der Waals surface area contributed by atoms with Gasteiger partial charge < -0.3 is 4.98 Å². The maximum atomic E-state index is 11.5. The van der Waals surface area contributed by atoms with Gasteiger partial charge in [-0.15, -0.1) is 11.3 Å².